The predicted octanol–water partition coefficient (Wildman–Crippen LogP) is 5.00. The van der Waals surface area contributed by atoms with Gasteiger partial charge in [-0.05, 0) is 41.5 Å². The molecule has 1 aliphatic heterocycles. The van der Waals surface area contributed by atoms with Gasteiger partial charge in [-0.2, -0.15) is 8.78 Å². The number of carbonyl (C=O) groups is 2. The first-order valence-electron chi connectivity index (χ1n) is 9.77. The van der Waals surface area contributed by atoms with Crippen molar-refractivity contribution in [2.24, 2.45) is 0 Å². The number of cyclic esters (lactones) is 1. The molecule has 164 valence electrons. The van der Waals surface area contributed by atoms with Crippen LogP contribution in [0.1, 0.15) is 37.9 Å². The van der Waals surface area contributed by atoms with Crippen LogP contribution in [0.4, 0.5) is 14.5 Å². The van der Waals surface area contributed by atoms with Crippen molar-refractivity contribution < 1.29 is 32.6 Å². The zero-order chi connectivity index (χ0) is 22.7. The molecule has 1 atom stereocenters. The Hall–Kier alpha value is -3.94. The Labute approximate surface area is 182 Å². The van der Waals surface area contributed by atoms with Crippen LogP contribution in [0, 0.1) is 0 Å². The second-order valence-electron chi connectivity index (χ2n) is 7.08. The van der Waals surface area contributed by atoms with E-state index < -0.39 is 24.6 Å². The lowest BCUT2D eigenvalue weighted by molar-refractivity contribution is -0.0511. The number of amides is 1. The van der Waals surface area contributed by atoms with E-state index in [1.807, 2.05) is 30.3 Å². The molecule has 4 rings (SSSR count). The van der Waals surface area contributed by atoms with Crippen LogP contribution in [-0.4, -0.2) is 25.6 Å². The van der Waals surface area contributed by atoms with Crippen LogP contribution in [-0.2, 0) is 11.2 Å². The molecule has 3 aromatic rings. The third kappa shape index (κ3) is 4.54. The van der Waals surface area contributed by atoms with Crippen molar-refractivity contribution >= 4 is 17.6 Å². The fourth-order valence-electron chi connectivity index (χ4n) is 3.54. The third-order valence-corrected chi connectivity index (χ3v) is 5.05. The number of hydrogen-bond donors (Lipinski definition) is 1. The Morgan fingerprint density at radius 1 is 1.06 bits per heavy atom. The largest absolute Gasteiger partial charge is 0.493 e. The first kappa shape index (κ1) is 21.3. The summed E-state index contributed by atoms with van der Waals surface area (Å²) in [6.07, 6.45) is -0.00801. The summed E-state index contributed by atoms with van der Waals surface area (Å²) in [6, 6.07) is 18.2. The fourth-order valence-corrected chi connectivity index (χ4v) is 3.54. The van der Waals surface area contributed by atoms with E-state index >= 15 is 0 Å². The summed E-state index contributed by atoms with van der Waals surface area (Å²) >= 11 is 0. The lowest BCUT2D eigenvalue weighted by Crippen LogP contribution is -2.23. The minimum absolute atomic E-state index is 0.113. The molecular weight excluding hydrogens is 420 g/mol. The number of esters is 1. The van der Waals surface area contributed by atoms with Gasteiger partial charge in [-0.15, -0.1) is 0 Å². The van der Waals surface area contributed by atoms with Gasteiger partial charge in [0.1, 0.15) is 6.10 Å². The molecule has 0 fully saturated rings. The van der Waals surface area contributed by atoms with Gasteiger partial charge in [-0.3, -0.25) is 4.79 Å². The number of carbonyl (C=O) groups excluding carboxylic acids is 2. The maximum atomic E-state index is 12.8. The highest BCUT2D eigenvalue weighted by Crippen LogP contribution is 2.33. The molecule has 1 unspecified atom stereocenters. The van der Waals surface area contributed by atoms with Crippen molar-refractivity contribution in [3.63, 3.8) is 0 Å². The number of halogens is 2. The topological polar surface area (TPSA) is 73.9 Å². The van der Waals surface area contributed by atoms with Gasteiger partial charge in [0.05, 0.1) is 12.7 Å². The molecule has 0 saturated heterocycles. The van der Waals surface area contributed by atoms with Crippen LogP contribution in [0.25, 0.3) is 0 Å². The molecule has 1 N–H and O–H groups in total. The maximum Gasteiger partial charge on any atom is 0.387 e. The zero-order valence-electron chi connectivity index (χ0n) is 17.0. The molecule has 0 radical (unpaired) electrons. The van der Waals surface area contributed by atoms with Gasteiger partial charge in [0.15, 0.2) is 11.5 Å². The molecule has 8 heteroatoms. The molecule has 0 spiro atoms. The highest BCUT2D eigenvalue weighted by molar-refractivity contribution is 6.05. The first-order valence-corrected chi connectivity index (χ1v) is 9.77. The second-order valence-corrected chi connectivity index (χ2v) is 7.08. The van der Waals surface area contributed by atoms with Crippen LogP contribution >= 0.6 is 0 Å². The number of alkyl halides is 2. The van der Waals surface area contributed by atoms with Crippen LogP contribution < -0.4 is 14.8 Å². The molecule has 0 aliphatic carbocycles. The van der Waals surface area contributed by atoms with E-state index in [1.165, 1.54) is 31.4 Å². The Kier molecular flexibility index (Phi) is 6.02. The monoisotopic (exact) mass is 439 g/mol. The number of nitrogens with one attached hydrogen (secondary N) is 1. The van der Waals surface area contributed by atoms with Crippen molar-refractivity contribution in [3.05, 3.63) is 89.0 Å². The summed E-state index contributed by atoms with van der Waals surface area (Å²) < 4.78 is 40.3. The van der Waals surface area contributed by atoms with E-state index in [0.29, 0.717) is 23.1 Å². The Morgan fingerprint density at radius 2 is 1.84 bits per heavy atom. The third-order valence-electron chi connectivity index (χ3n) is 5.05. The number of hydrogen-bond acceptors (Lipinski definition) is 5. The minimum atomic E-state index is -3.03. The van der Waals surface area contributed by atoms with E-state index in [2.05, 4.69) is 10.1 Å². The van der Waals surface area contributed by atoms with Crippen molar-refractivity contribution in [2.75, 3.05) is 12.4 Å². The maximum absolute atomic E-state index is 12.8. The van der Waals surface area contributed by atoms with Crippen molar-refractivity contribution in [1.82, 2.24) is 0 Å². The number of ether oxygens (including phenoxy) is 3. The van der Waals surface area contributed by atoms with Crippen molar-refractivity contribution in [1.29, 1.82) is 0 Å². The molecule has 0 bridgehead atoms. The molecule has 32 heavy (non-hydrogen) atoms. The highest BCUT2D eigenvalue weighted by Gasteiger charge is 2.28. The van der Waals surface area contributed by atoms with Gasteiger partial charge in [-0.25, -0.2) is 4.79 Å². The Bertz CT molecular complexity index is 1150. The van der Waals surface area contributed by atoms with Crippen LogP contribution in [0.2, 0.25) is 0 Å². The lowest BCUT2D eigenvalue weighted by Gasteiger charge is -2.25. The molecule has 1 aliphatic rings. The number of rotatable bonds is 6. The SMILES string of the molecule is COc1ccc(NC(=O)c2ccc3c(c2)CC(c2ccccc2)OC3=O)cc1OC(F)F. The summed E-state index contributed by atoms with van der Waals surface area (Å²) in [4.78, 5) is 25.2. The molecule has 3 aromatic carbocycles. The van der Waals surface area contributed by atoms with Gasteiger partial charge >= 0.3 is 12.6 Å². The molecule has 6 nitrogen and oxygen atoms in total. The Balaban J connectivity index is 1.55. The summed E-state index contributed by atoms with van der Waals surface area (Å²) in [6.45, 7) is -3.03. The summed E-state index contributed by atoms with van der Waals surface area (Å²) in [5.41, 5.74) is 2.54. The molecule has 1 heterocycles. The molecule has 0 aromatic heterocycles. The average Bonchev–Trinajstić information content (AvgIpc) is 2.79. The molecular formula is C24H19F2NO5. The fraction of sp³-hybridized carbons (Fsp3) is 0.167. The Morgan fingerprint density at radius 3 is 2.56 bits per heavy atom. The highest BCUT2D eigenvalue weighted by atomic mass is 19.3. The van der Waals surface area contributed by atoms with E-state index in [4.69, 9.17) is 9.47 Å². The summed E-state index contributed by atoms with van der Waals surface area (Å²) in [5, 5.41) is 2.65. The normalized spacial score (nSPS) is 15.0. The van der Waals surface area contributed by atoms with Crippen molar-refractivity contribution in [2.45, 2.75) is 19.1 Å². The van der Waals surface area contributed by atoms with Gasteiger partial charge in [0.25, 0.3) is 5.91 Å². The number of benzene rings is 3. The van der Waals surface area contributed by atoms with Crippen molar-refractivity contribution in [3.8, 4) is 11.5 Å². The standard InChI is InChI=1S/C24H19F2NO5/c1-30-19-10-8-17(13-21(19)32-24(25)26)27-22(28)15-7-9-18-16(11-15)12-20(31-23(18)29)14-5-3-2-4-6-14/h2-11,13,20,24H,12H2,1H3,(H,27,28). The van der Waals surface area contributed by atoms with E-state index in [9.17, 15) is 18.4 Å². The summed E-state index contributed by atoms with van der Waals surface area (Å²) in [7, 11) is 1.33. The molecule has 1 amide bonds. The first-order chi connectivity index (χ1) is 15.4. The van der Waals surface area contributed by atoms with Crippen LogP contribution in [0.3, 0.4) is 0 Å². The smallest absolute Gasteiger partial charge is 0.387 e. The van der Waals surface area contributed by atoms with E-state index in [0.717, 1.165) is 5.56 Å². The average molecular weight is 439 g/mol. The number of anilines is 1. The van der Waals surface area contributed by atoms with Gasteiger partial charge in [0.2, 0.25) is 0 Å². The lowest BCUT2D eigenvalue weighted by atomic mass is 9.93. The number of fused-ring (bicyclic) bond motifs is 1. The van der Waals surface area contributed by atoms with Gasteiger partial charge in [0, 0.05) is 23.7 Å². The van der Waals surface area contributed by atoms with E-state index in [1.54, 1.807) is 12.1 Å². The molecule has 0 saturated carbocycles. The van der Waals surface area contributed by atoms with Gasteiger partial charge < -0.3 is 19.5 Å². The van der Waals surface area contributed by atoms with Gasteiger partial charge in [-0.1, -0.05) is 30.3 Å². The zero-order valence-corrected chi connectivity index (χ0v) is 17.0. The predicted molar refractivity (Wildman–Crippen MR) is 112 cm³/mol. The van der Waals surface area contributed by atoms with Crippen LogP contribution in [0.5, 0.6) is 11.5 Å². The van der Waals surface area contributed by atoms with Crippen LogP contribution in [0.15, 0.2) is 66.7 Å². The second kappa shape index (κ2) is 9.05. The van der Waals surface area contributed by atoms with E-state index in [-0.39, 0.29) is 17.2 Å². The number of methoxy groups -OCH3 is 1. The minimum Gasteiger partial charge on any atom is -0.493 e. The quantitative estimate of drug-likeness (QED) is 0.547. The summed E-state index contributed by atoms with van der Waals surface area (Å²) in [5.74, 6) is -0.992.